The van der Waals surface area contributed by atoms with Crippen LogP contribution < -0.4 is 10.6 Å². The quantitative estimate of drug-likeness (QED) is 0.654. The first-order valence-corrected chi connectivity index (χ1v) is 5.83. The monoisotopic (exact) mass is 198 g/mol. The third-order valence-electron chi connectivity index (χ3n) is 2.79. The Bertz CT molecular complexity index is 165. The molecule has 1 aliphatic heterocycles. The van der Waals surface area contributed by atoms with Crippen molar-refractivity contribution in [3.8, 4) is 0 Å². The largest absolute Gasteiger partial charge is 0.356 e. The number of carbonyl (C=O) groups excluding carboxylic acids is 1. The lowest BCUT2D eigenvalue weighted by Crippen LogP contribution is -2.38. The van der Waals surface area contributed by atoms with Crippen molar-refractivity contribution in [2.24, 2.45) is 5.92 Å². The zero-order valence-corrected chi connectivity index (χ0v) is 9.14. The lowest BCUT2D eigenvalue weighted by Gasteiger charge is -2.21. The highest BCUT2D eigenvalue weighted by Crippen LogP contribution is 2.11. The van der Waals surface area contributed by atoms with Crippen molar-refractivity contribution in [1.82, 2.24) is 10.6 Å². The number of hydrogen-bond acceptors (Lipinski definition) is 2. The molecule has 1 saturated heterocycles. The standard InChI is InChI=1S/C11H22N2O/c1-2-3-4-7-13-11(14)10-5-8-12-9-6-10/h10,12H,2-9H2,1H3,(H,13,14). The van der Waals surface area contributed by atoms with E-state index in [1.807, 2.05) is 0 Å². The Balaban J connectivity index is 2.07. The highest BCUT2D eigenvalue weighted by Gasteiger charge is 2.19. The molecular weight excluding hydrogens is 176 g/mol. The van der Waals surface area contributed by atoms with Gasteiger partial charge < -0.3 is 10.6 Å². The predicted octanol–water partition coefficient (Wildman–Crippen LogP) is 1.29. The molecule has 0 aromatic rings. The first-order chi connectivity index (χ1) is 6.84. The minimum absolute atomic E-state index is 0.262. The molecule has 0 radical (unpaired) electrons. The van der Waals surface area contributed by atoms with Gasteiger partial charge in [0, 0.05) is 12.5 Å². The van der Waals surface area contributed by atoms with Gasteiger partial charge in [0.05, 0.1) is 0 Å². The maximum Gasteiger partial charge on any atom is 0.223 e. The van der Waals surface area contributed by atoms with Gasteiger partial charge >= 0.3 is 0 Å². The molecular formula is C11H22N2O. The summed E-state index contributed by atoms with van der Waals surface area (Å²) in [6.07, 6.45) is 5.54. The van der Waals surface area contributed by atoms with E-state index in [0.29, 0.717) is 0 Å². The summed E-state index contributed by atoms with van der Waals surface area (Å²) in [6, 6.07) is 0. The molecule has 0 saturated carbocycles. The van der Waals surface area contributed by atoms with Crippen LogP contribution in [0.25, 0.3) is 0 Å². The van der Waals surface area contributed by atoms with Gasteiger partial charge in [-0.2, -0.15) is 0 Å². The van der Waals surface area contributed by atoms with Gasteiger partial charge in [0.2, 0.25) is 5.91 Å². The van der Waals surface area contributed by atoms with E-state index in [-0.39, 0.29) is 11.8 Å². The number of hydrogen-bond donors (Lipinski definition) is 2. The lowest BCUT2D eigenvalue weighted by atomic mass is 9.97. The van der Waals surface area contributed by atoms with E-state index in [0.717, 1.165) is 38.9 Å². The van der Waals surface area contributed by atoms with Gasteiger partial charge in [0.1, 0.15) is 0 Å². The number of carbonyl (C=O) groups is 1. The van der Waals surface area contributed by atoms with Gasteiger partial charge in [-0.25, -0.2) is 0 Å². The second-order valence-corrected chi connectivity index (χ2v) is 4.02. The van der Waals surface area contributed by atoms with Crippen molar-refractivity contribution < 1.29 is 4.79 Å². The van der Waals surface area contributed by atoms with E-state index in [2.05, 4.69) is 17.6 Å². The van der Waals surface area contributed by atoms with Gasteiger partial charge in [-0.05, 0) is 32.4 Å². The van der Waals surface area contributed by atoms with E-state index >= 15 is 0 Å². The smallest absolute Gasteiger partial charge is 0.223 e. The molecule has 0 atom stereocenters. The summed E-state index contributed by atoms with van der Waals surface area (Å²) in [4.78, 5) is 11.6. The molecule has 2 N–H and O–H groups in total. The van der Waals surface area contributed by atoms with E-state index in [4.69, 9.17) is 0 Å². The van der Waals surface area contributed by atoms with E-state index in [1.54, 1.807) is 0 Å². The molecule has 1 fully saturated rings. The molecule has 0 unspecified atom stereocenters. The van der Waals surface area contributed by atoms with Crippen molar-refractivity contribution in [1.29, 1.82) is 0 Å². The van der Waals surface area contributed by atoms with Crippen molar-refractivity contribution in [3.63, 3.8) is 0 Å². The average Bonchev–Trinajstić information content (AvgIpc) is 2.25. The van der Waals surface area contributed by atoms with Gasteiger partial charge in [-0.3, -0.25) is 4.79 Å². The van der Waals surface area contributed by atoms with Crippen molar-refractivity contribution in [2.45, 2.75) is 39.0 Å². The van der Waals surface area contributed by atoms with Crippen LogP contribution in [0.1, 0.15) is 39.0 Å². The van der Waals surface area contributed by atoms with Crippen LogP contribution in [0.5, 0.6) is 0 Å². The summed E-state index contributed by atoms with van der Waals surface area (Å²) >= 11 is 0. The molecule has 0 aliphatic carbocycles. The second kappa shape index (κ2) is 6.82. The Morgan fingerprint density at radius 1 is 1.36 bits per heavy atom. The van der Waals surface area contributed by atoms with Crippen LogP contribution >= 0.6 is 0 Å². The fraction of sp³-hybridized carbons (Fsp3) is 0.909. The van der Waals surface area contributed by atoms with Crippen LogP contribution in [0.2, 0.25) is 0 Å². The molecule has 1 aliphatic rings. The number of unbranched alkanes of at least 4 members (excludes halogenated alkanes) is 2. The predicted molar refractivity (Wildman–Crippen MR) is 58.1 cm³/mol. The molecule has 0 aromatic carbocycles. The first-order valence-electron chi connectivity index (χ1n) is 5.83. The van der Waals surface area contributed by atoms with E-state index in [1.165, 1.54) is 12.8 Å². The van der Waals surface area contributed by atoms with Gasteiger partial charge in [0.25, 0.3) is 0 Å². The molecule has 82 valence electrons. The second-order valence-electron chi connectivity index (χ2n) is 4.02. The maximum atomic E-state index is 11.6. The summed E-state index contributed by atoms with van der Waals surface area (Å²) in [5, 5.41) is 6.29. The van der Waals surface area contributed by atoms with E-state index < -0.39 is 0 Å². The molecule has 1 amide bonds. The first kappa shape index (κ1) is 11.5. The van der Waals surface area contributed by atoms with Crippen LogP contribution in [0.4, 0.5) is 0 Å². The summed E-state index contributed by atoms with van der Waals surface area (Å²) in [5.41, 5.74) is 0. The molecule has 1 rings (SSSR count). The van der Waals surface area contributed by atoms with Gasteiger partial charge in [-0.1, -0.05) is 19.8 Å². The minimum Gasteiger partial charge on any atom is -0.356 e. The summed E-state index contributed by atoms with van der Waals surface area (Å²) in [7, 11) is 0. The minimum atomic E-state index is 0.262. The molecule has 0 bridgehead atoms. The number of piperidine rings is 1. The highest BCUT2D eigenvalue weighted by molar-refractivity contribution is 5.78. The Kier molecular flexibility index (Phi) is 5.60. The summed E-state index contributed by atoms with van der Waals surface area (Å²) in [6.45, 7) is 5.02. The third-order valence-corrected chi connectivity index (χ3v) is 2.79. The van der Waals surface area contributed by atoms with Crippen LogP contribution in [0.3, 0.4) is 0 Å². The number of amides is 1. The number of rotatable bonds is 5. The number of nitrogens with one attached hydrogen (secondary N) is 2. The van der Waals surface area contributed by atoms with Crippen LogP contribution in [0.15, 0.2) is 0 Å². The summed E-state index contributed by atoms with van der Waals surface area (Å²) in [5.74, 6) is 0.528. The molecule has 0 spiro atoms. The Morgan fingerprint density at radius 2 is 2.07 bits per heavy atom. The average molecular weight is 198 g/mol. The molecule has 3 nitrogen and oxygen atoms in total. The molecule has 0 aromatic heterocycles. The zero-order valence-electron chi connectivity index (χ0n) is 9.14. The summed E-state index contributed by atoms with van der Waals surface area (Å²) < 4.78 is 0. The molecule has 3 heteroatoms. The Labute approximate surface area is 86.6 Å². The SMILES string of the molecule is CCCCCNC(=O)C1CCNCC1. The Hall–Kier alpha value is -0.570. The topological polar surface area (TPSA) is 41.1 Å². The Morgan fingerprint density at radius 3 is 2.71 bits per heavy atom. The maximum absolute atomic E-state index is 11.6. The van der Waals surface area contributed by atoms with Crippen molar-refractivity contribution in [3.05, 3.63) is 0 Å². The van der Waals surface area contributed by atoms with Crippen molar-refractivity contribution >= 4 is 5.91 Å². The van der Waals surface area contributed by atoms with E-state index in [9.17, 15) is 4.79 Å². The molecule has 1 heterocycles. The fourth-order valence-electron chi connectivity index (χ4n) is 1.82. The van der Waals surface area contributed by atoms with Crippen LogP contribution in [-0.4, -0.2) is 25.5 Å². The van der Waals surface area contributed by atoms with Gasteiger partial charge in [-0.15, -0.1) is 0 Å². The van der Waals surface area contributed by atoms with Crippen LogP contribution in [0, 0.1) is 5.92 Å². The third kappa shape index (κ3) is 4.09. The van der Waals surface area contributed by atoms with Crippen molar-refractivity contribution in [2.75, 3.05) is 19.6 Å². The fourth-order valence-corrected chi connectivity index (χ4v) is 1.82. The highest BCUT2D eigenvalue weighted by atomic mass is 16.1. The lowest BCUT2D eigenvalue weighted by molar-refractivity contribution is -0.125. The molecule has 14 heavy (non-hydrogen) atoms. The van der Waals surface area contributed by atoms with Gasteiger partial charge in [0.15, 0.2) is 0 Å². The normalized spacial score (nSPS) is 18.1. The van der Waals surface area contributed by atoms with Crippen LogP contribution in [-0.2, 0) is 4.79 Å². The zero-order chi connectivity index (χ0) is 10.2.